The van der Waals surface area contributed by atoms with E-state index < -0.39 is 5.41 Å². The van der Waals surface area contributed by atoms with Crippen LogP contribution in [-0.4, -0.2) is 23.7 Å². The van der Waals surface area contributed by atoms with Crippen molar-refractivity contribution in [1.29, 1.82) is 5.26 Å². The monoisotopic (exact) mass is 224 g/mol. The molecule has 1 aliphatic carbocycles. The first-order valence-electron chi connectivity index (χ1n) is 5.91. The molecule has 1 rings (SSSR count). The Morgan fingerprint density at radius 3 is 2.75 bits per heavy atom. The zero-order valence-corrected chi connectivity index (χ0v) is 9.99. The number of nitriles is 1. The van der Waals surface area contributed by atoms with Gasteiger partial charge in [0.2, 0.25) is 5.91 Å². The van der Waals surface area contributed by atoms with Crippen molar-refractivity contribution < 1.29 is 9.90 Å². The highest BCUT2D eigenvalue weighted by atomic mass is 16.3. The van der Waals surface area contributed by atoms with Gasteiger partial charge in [-0.3, -0.25) is 4.79 Å². The number of rotatable bonds is 5. The predicted octanol–water partition coefficient (Wildman–Crippen LogP) is 1.20. The number of carbonyl (C=O) groups is 1. The van der Waals surface area contributed by atoms with Crippen molar-refractivity contribution in [1.82, 2.24) is 5.32 Å². The van der Waals surface area contributed by atoms with Gasteiger partial charge in [0.05, 0.1) is 12.2 Å². The van der Waals surface area contributed by atoms with E-state index in [1.165, 1.54) is 0 Å². The van der Waals surface area contributed by atoms with E-state index in [1.54, 1.807) is 0 Å². The number of hydrogen-bond donors (Lipinski definition) is 2. The first-order chi connectivity index (χ1) is 7.54. The van der Waals surface area contributed by atoms with Crippen LogP contribution in [0.3, 0.4) is 0 Å². The second-order valence-corrected chi connectivity index (χ2v) is 4.81. The smallest absolute Gasteiger partial charge is 0.240 e. The van der Waals surface area contributed by atoms with E-state index in [2.05, 4.69) is 11.4 Å². The molecule has 0 aromatic rings. The molecule has 0 aromatic carbocycles. The maximum Gasteiger partial charge on any atom is 0.240 e. The maximum absolute atomic E-state index is 11.8. The number of nitrogens with zero attached hydrogens (tertiary/aromatic N) is 1. The van der Waals surface area contributed by atoms with Crippen molar-refractivity contribution in [3.05, 3.63) is 0 Å². The molecule has 1 unspecified atom stereocenters. The lowest BCUT2D eigenvalue weighted by molar-refractivity contribution is -0.134. The van der Waals surface area contributed by atoms with E-state index in [1.807, 2.05) is 13.8 Å². The minimum Gasteiger partial charge on any atom is -0.393 e. The summed E-state index contributed by atoms with van der Waals surface area (Å²) in [4.78, 5) is 11.8. The molecule has 0 bridgehead atoms. The fourth-order valence-electron chi connectivity index (χ4n) is 2.18. The molecule has 0 radical (unpaired) electrons. The molecule has 0 spiro atoms. The lowest BCUT2D eigenvalue weighted by Gasteiger charge is -2.39. The highest BCUT2D eigenvalue weighted by molar-refractivity contribution is 5.86. The molecule has 4 heteroatoms. The van der Waals surface area contributed by atoms with Gasteiger partial charge in [-0.2, -0.15) is 5.26 Å². The normalized spacial score (nSPS) is 30.0. The average molecular weight is 224 g/mol. The second kappa shape index (κ2) is 5.31. The average Bonchev–Trinajstić information content (AvgIpc) is 2.23. The van der Waals surface area contributed by atoms with Gasteiger partial charge in [-0.15, -0.1) is 0 Å². The summed E-state index contributed by atoms with van der Waals surface area (Å²) in [7, 11) is 0. The van der Waals surface area contributed by atoms with Crippen molar-refractivity contribution in [2.45, 2.75) is 45.6 Å². The van der Waals surface area contributed by atoms with E-state index in [9.17, 15) is 9.90 Å². The van der Waals surface area contributed by atoms with Crippen molar-refractivity contribution in [2.75, 3.05) is 6.54 Å². The Morgan fingerprint density at radius 1 is 1.69 bits per heavy atom. The van der Waals surface area contributed by atoms with E-state index in [0.29, 0.717) is 38.1 Å². The minimum absolute atomic E-state index is 0.170. The fraction of sp³-hybridized carbons (Fsp3) is 0.833. The third-order valence-electron chi connectivity index (χ3n) is 3.28. The Hall–Kier alpha value is -1.08. The molecular weight excluding hydrogens is 204 g/mol. The van der Waals surface area contributed by atoms with Crippen molar-refractivity contribution in [2.24, 2.45) is 11.3 Å². The molecule has 1 atom stereocenters. The Balaban J connectivity index is 2.33. The summed E-state index contributed by atoms with van der Waals surface area (Å²) in [5, 5.41) is 21.1. The highest BCUT2D eigenvalue weighted by Crippen LogP contribution is 2.44. The molecule has 0 aromatic heterocycles. The van der Waals surface area contributed by atoms with Crippen LogP contribution in [0.4, 0.5) is 0 Å². The van der Waals surface area contributed by atoms with Crippen molar-refractivity contribution in [3.8, 4) is 6.07 Å². The first kappa shape index (κ1) is 13.0. The lowest BCUT2D eigenvalue weighted by atomic mass is 9.63. The Labute approximate surface area is 96.6 Å². The van der Waals surface area contributed by atoms with Gasteiger partial charge in [-0.05, 0) is 31.6 Å². The summed E-state index contributed by atoms with van der Waals surface area (Å²) in [6, 6.07) is 2.12. The Kier molecular flexibility index (Phi) is 4.31. The summed E-state index contributed by atoms with van der Waals surface area (Å²) in [6.07, 6.45) is 2.20. The molecule has 1 fully saturated rings. The largest absolute Gasteiger partial charge is 0.393 e. The maximum atomic E-state index is 11.8. The van der Waals surface area contributed by atoms with Gasteiger partial charge >= 0.3 is 0 Å². The van der Waals surface area contributed by atoms with Crippen LogP contribution in [0.15, 0.2) is 0 Å². The first-order valence-corrected chi connectivity index (χ1v) is 5.91. The van der Waals surface area contributed by atoms with E-state index >= 15 is 0 Å². The van der Waals surface area contributed by atoms with Crippen LogP contribution in [0.25, 0.3) is 0 Å². The van der Waals surface area contributed by atoms with Gasteiger partial charge in [0.1, 0.15) is 5.41 Å². The fourth-order valence-corrected chi connectivity index (χ4v) is 2.18. The third kappa shape index (κ3) is 2.73. The SMILES string of the molecule is CCC(O)CCNC(=O)C1(C#N)CC(C)C1. The molecule has 1 aliphatic rings. The molecule has 90 valence electrons. The zero-order chi connectivity index (χ0) is 12.2. The number of aliphatic hydroxyl groups excluding tert-OH is 1. The molecule has 0 saturated heterocycles. The van der Waals surface area contributed by atoms with E-state index in [4.69, 9.17) is 5.26 Å². The van der Waals surface area contributed by atoms with Gasteiger partial charge in [0.15, 0.2) is 0 Å². The number of carbonyl (C=O) groups excluding carboxylic acids is 1. The van der Waals surface area contributed by atoms with Crippen LogP contribution in [0.2, 0.25) is 0 Å². The third-order valence-corrected chi connectivity index (χ3v) is 3.28. The lowest BCUT2D eigenvalue weighted by Crippen LogP contribution is -2.48. The van der Waals surface area contributed by atoms with Crippen LogP contribution in [0, 0.1) is 22.7 Å². The van der Waals surface area contributed by atoms with Crippen LogP contribution in [0.5, 0.6) is 0 Å². The number of hydrogen-bond acceptors (Lipinski definition) is 3. The summed E-state index contributed by atoms with van der Waals surface area (Å²) < 4.78 is 0. The van der Waals surface area contributed by atoms with Gasteiger partial charge in [0.25, 0.3) is 0 Å². The second-order valence-electron chi connectivity index (χ2n) is 4.81. The molecule has 0 aliphatic heterocycles. The number of amides is 1. The van der Waals surface area contributed by atoms with E-state index in [0.717, 1.165) is 0 Å². The van der Waals surface area contributed by atoms with Crippen molar-refractivity contribution in [3.63, 3.8) is 0 Å². The molecule has 4 nitrogen and oxygen atoms in total. The Bertz CT molecular complexity index is 290. The molecule has 16 heavy (non-hydrogen) atoms. The zero-order valence-electron chi connectivity index (χ0n) is 9.99. The van der Waals surface area contributed by atoms with Gasteiger partial charge in [0, 0.05) is 6.54 Å². The number of nitrogens with one attached hydrogen (secondary N) is 1. The molecule has 1 saturated carbocycles. The molecule has 2 N–H and O–H groups in total. The van der Waals surface area contributed by atoms with Gasteiger partial charge in [-0.1, -0.05) is 13.8 Å². The van der Waals surface area contributed by atoms with Gasteiger partial charge < -0.3 is 10.4 Å². The van der Waals surface area contributed by atoms with Crippen LogP contribution < -0.4 is 5.32 Å². The molecule has 1 amide bonds. The quantitative estimate of drug-likeness (QED) is 0.737. The number of aliphatic hydroxyl groups is 1. The van der Waals surface area contributed by atoms with Crippen LogP contribution >= 0.6 is 0 Å². The topological polar surface area (TPSA) is 73.1 Å². The molecule has 0 heterocycles. The predicted molar refractivity (Wildman–Crippen MR) is 60.4 cm³/mol. The summed E-state index contributed by atoms with van der Waals surface area (Å²) in [5.41, 5.74) is -0.795. The summed E-state index contributed by atoms with van der Waals surface area (Å²) >= 11 is 0. The van der Waals surface area contributed by atoms with Crippen LogP contribution in [-0.2, 0) is 4.79 Å². The summed E-state index contributed by atoms with van der Waals surface area (Å²) in [6.45, 7) is 4.40. The Morgan fingerprint density at radius 2 is 2.31 bits per heavy atom. The van der Waals surface area contributed by atoms with Crippen molar-refractivity contribution >= 4 is 5.91 Å². The molecular formula is C12H20N2O2. The minimum atomic E-state index is -0.795. The van der Waals surface area contributed by atoms with E-state index in [-0.39, 0.29) is 12.0 Å². The van der Waals surface area contributed by atoms with Gasteiger partial charge in [-0.25, -0.2) is 0 Å². The van der Waals surface area contributed by atoms with Crippen LogP contribution in [0.1, 0.15) is 39.5 Å². The highest BCUT2D eigenvalue weighted by Gasteiger charge is 2.48. The standard InChI is InChI=1S/C12H20N2O2/c1-3-10(15)4-5-14-11(16)12(8-13)6-9(2)7-12/h9-10,15H,3-7H2,1-2H3,(H,14,16). The summed E-state index contributed by atoms with van der Waals surface area (Å²) in [5.74, 6) is 0.294.